The number of rotatable bonds is 8. The molecular formula is C18H25F2N5O. The Balaban J connectivity index is 1.92. The Bertz CT molecular complexity index is 715. The van der Waals surface area contributed by atoms with Crippen LogP contribution in [-0.2, 0) is 19.6 Å². The molecule has 0 spiro atoms. The Hall–Kier alpha value is -2.64. The van der Waals surface area contributed by atoms with Crippen molar-refractivity contribution in [3.05, 3.63) is 48.0 Å². The van der Waals surface area contributed by atoms with Gasteiger partial charge in [0.1, 0.15) is 11.6 Å². The van der Waals surface area contributed by atoms with Gasteiger partial charge < -0.3 is 19.9 Å². The van der Waals surface area contributed by atoms with Crippen LogP contribution in [0.25, 0.3) is 0 Å². The molecule has 0 atom stereocenters. The SMILES string of the molecule is CN=C(NCc1ccccc1OC(F)F)NCc1nccn1CC(C)C. The number of imidazole rings is 1. The molecule has 0 aliphatic carbocycles. The van der Waals surface area contributed by atoms with Crippen LogP contribution in [0.4, 0.5) is 8.78 Å². The molecule has 0 radical (unpaired) electrons. The Morgan fingerprint density at radius 2 is 1.96 bits per heavy atom. The molecule has 2 rings (SSSR count). The van der Waals surface area contributed by atoms with Gasteiger partial charge in [0.15, 0.2) is 5.96 Å². The summed E-state index contributed by atoms with van der Waals surface area (Å²) >= 11 is 0. The van der Waals surface area contributed by atoms with Gasteiger partial charge in [0.25, 0.3) is 0 Å². The predicted molar refractivity (Wildman–Crippen MR) is 97.2 cm³/mol. The first-order chi connectivity index (χ1) is 12.5. The fourth-order valence-corrected chi connectivity index (χ4v) is 2.49. The lowest BCUT2D eigenvalue weighted by atomic mass is 10.2. The molecule has 0 bridgehead atoms. The van der Waals surface area contributed by atoms with Gasteiger partial charge in [-0.2, -0.15) is 8.78 Å². The normalized spacial score (nSPS) is 11.9. The van der Waals surface area contributed by atoms with Gasteiger partial charge in [0, 0.05) is 38.1 Å². The molecule has 1 aromatic carbocycles. The summed E-state index contributed by atoms with van der Waals surface area (Å²) in [4.78, 5) is 8.51. The number of nitrogens with one attached hydrogen (secondary N) is 2. The second-order valence-corrected chi connectivity index (χ2v) is 6.16. The summed E-state index contributed by atoms with van der Waals surface area (Å²) in [5.41, 5.74) is 0.622. The molecule has 2 aromatic rings. The molecule has 6 nitrogen and oxygen atoms in total. The van der Waals surface area contributed by atoms with E-state index >= 15 is 0 Å². The average molecular weight is 365 g/mol. The maximum atomic E-state index is 12.5. The van der Waals surface area contributed by atoms with Crippen LogP contribution in [0.2, 0.25) is 0 Å². The lowest BCUT2D eigenvalue weighted by molar-refractivity contribution is -0.0504. The van der Waals surface area contributed by atoms with E-state index in [0.29, 0.717) is 30.5 Å². The molecule has 1 aromatic heterocycles. The first-order valence-electron chi connectivity index (χ1n) is 8.46. The van der Waals surface area contributed by atoms with Crippen molar-refractivity contribution in [2.45, 2.75) is 40.1 Å². The number of hydrogen-bond donors (Lipinski definition) is 2. The highest BCUT2D eigenvalue weighted by molar-refractivity contribution is 5.79. The smallest absolute Gasteiger partial charge is 0.387 e. The first-order valence-corrected chi connectivity index (χ1v) is 8.46. The van der Waals surface area contributed by atoms with E-state index in [2.05, 4.69) is 43.8 Å². The number of hydrogen-bond acceptors (Lipinski definition) is 3. The van der Waals surface area contributed by atoms with E-state index in [1.165, 1.54) is 6.07 Å². The van der Waals surface area contributed by atoms with Crippen LogP contribution < -0.4 is 15.4 Å². The first kappa shape index (κ1) is 19.7. The number of guanidine groups is 1. The van der Waals surface area contributed by atoms with Crippen molar-refractivity contribution in [1.29, 1.82) is 0 Å². The van der Waals surface area contributed by atoms with Gasteiger partial charge in [0.2, 0.25) is 0 Å². The van der Waals surface area contributed by atoms with E-state index in [1.807, 2.05) is 6.20 Å². The van der Waals surface area contributed by atoms with Crippen molar-refractivity contribution in [2.75, 3.05) is 7.05 Å². The van der Waals surface area contributed by atoms with Crippen molar-refractivity contribution in [3.63, 3.8) is 0 Å². The quantitative estimate of drug-likeness (QED) is 0.558. The van der Waals surface area contributed by atoms with Gasteiger partial charge in [-0.25, -0.2) is 4.98 Å². The number of para-hydroxylation sites is 1. The van der Waals surface area contributed by atoms with E-state index < -0.39 is 6.61 Å². The lowest BCUT2D eigenvalue weighted by Crippen LogP contribution is -2.37. The summed E-state index contributed by atoms with van der Waals surface area (Å²) < 4.78 is 31.6. The predicted octanol–water partition coefficient (Wildman–Crippen LogP) is 3.01. The molecule has 0 aliphatic rings. The van der Waals surface area contributed by atoms with Crippen LogP contribution in [0.3, 0.4) is 0 Å². The minimum Gasteiger partial charge on any atom is -0.434 e. The maximum Gasteiger partial charge on any atom is 0.387 e. The van der Waals surface area contributed by atoms with Crippen LogP contribution in [-0.4, -0.2) is 29.2 Å². The Kier molecular flexibility index (Phi) is 7.37. The molecule has 2 N–H and O–H groups in total. The third-order valence-corrected chi connectivity index (χ3v) is 3.64. The zero-order valence-corrected chi connectivity index (χ0v) is 15.2. The molecule has 0 aliphatic heterocycles. The summed E-state index contributed by atoms with van der Waals surface area (Å²) in [7, 11) is 1.65. The zero-order chi connectivity index (χ0) is 18.9. The molecule has 8 heteroatoms. The highest BCUT2D eigenvalue weighted by Crippen LogP contribution is 2.19. The van der Waals surface area contributed by atoms with E-state index in [1.54, 1.807) is 31.4 Å². The standard InChI is InChI=1S/C18H25F2N5O/c1-13(2)12-25-9-8-22-16(25)11-24-18(21-3)23-10-14-6-4-5-7-15(14)26-17(19)20/h4-9,13,17H,10-12H2,1-3H3,(H2,21,23,24). The number of halogens is 2. The Morgan fingerprint density at radius 1 is 1.23 bits per heavy atom. The van der Waals surface area contributed by atoms with Crippen molar-refractivity contribution >= 4 is 5.96 Å². The van der Waals surface area contributed by atoms with Gasteiger partial charge in [-0.3, -0.25) is 4.99 Å². The Labute approximate surface area is 152 Å². The van der Waals surface area contributed by atoms with Crippen molar-refractivity contribution in [3.8, 4) is 5.75 Å². The zero-order valence-electron chi connectivity index (χ0n) is 15.2. The number of nitrogens with zero attached hydrogens (tertiary/aromatic N) is 3. The van der Waals surface area contributed by atoms with Gasteiger partial charge in [0.05, 0.1) is 6.54 Å². The summed E-state index contributed by atoms with van der Waals surface area (Å²) in [6.07, 6.45) is 3.72. The van der Waals surface area contributed by atoms with E-state index in [9.17, 15) is 8.78 Å². The van der Waals surface area contributed by atoms with Crippen molar-refractivity contribution in [2.24, 2.45) is 10.9 Å². The fraction of sp³-hybridized carbons (Fsp3) is 0.444. The highest BCUT2D eigenvalue weighted by atomic mass is 19.3. The maximum absolute atomic E-state index is 12.5. The topological polar surface area (TPSA) is 63.5 Å². The number of alkyl halides is 2. The van der Waals surface area contributed by atoms with E-state index in [0.717, 1.165) is 12.4 Å². The van der Waals surface area contributed by atoms with Gasteiger partial charge in [-0.05, 0) is 12.0 Å². The highest BCUT2D eigenvalue weighted by Gasteiger charge is 2.10. The van der Waals surface area contributed by atoms with Crippen LogP contribution in [0.1, 0.15) is 25.2 Å². The second kappa shape index (κ2) is 9.74. The van der Waals surface area contributed by atoms with Gasteiger partial charge in [-0.15, -0.1) is 0 Å². The number of aliphatic imine (C=N–C) groups is 1. The largest absolute Gasteiger partial charge is 0.434 e. The molecule has 0 saturated carbocycles. The summed E-state index contributed by atoms with van der Waals surface area (Å²) in [5.74, 6) is 2.13. The summed E-state index contributed by atoms with van der Waals surface area (Å²) in [6.45, 7) is 3.15. The third-order valence-electron chi connectivity index (χ3n) is 3.64. The summed E-state index contributed by atoms with van der Waals surface area (Å²) in [5, 5.41) is 6.28. The number of ether oxygens (including phenoxy) is 1. The van der Waals surface area contributed by atoms with Crippen LogP contribution in [0.5, 0.6) is 5.75 Å². The summed E-state index contributed by atoms with van der Waals surface area (Å²) in [6, 6.07) is 6.67. The molecule has 142 valence electrons. The molecular weight excluding hydrogens is 340 g/mol. The molecule has 0 unspecified atom stereocenters. The molecule has 0 amide bonds. The van der Waals surface area contributed by atoms with Crippen LogP contribution in [0.15, 0.2) is 41.7 Å². The van der Waals surface area contributed by atoms with Crippen LogP contribution >= 0.6 is 0 Å². The second-order valence-electron chi connectivity index (χ2n) is 6.16. The van der Waals surface area contributed by atoms with E-state index in [4.69, 9.17) is 0 Å². The molecule has 0 fully saturated rings. The van der Waals surface area contributed by atoms with Gasteiger partial charge >= 0.3 is 6.61 Å². The number of benzene rings is 1. The van der Waals surface area contributed by atoms with Gasteiger partial charge in [-0.1, -0.05) is 32.0 Å². The van der Waals surface area contributed by atoms with Crippen molar-refractivity contribution in [1.82, 2.24) is 20.2 Å². The minimum absolute atomic E-state index is 0.151. The molecule has 26 heavy (non-hydrogen) atoms. The lowest BCUT2D eigenvalue weighted by Gasteiger charge is -2.15. The monoisotopic (exact) mass is 365 g/mol. The Morgan fingerprint density at radius 3 is 2.65 bits per heavy atom. The third kappa shape index (κ3) is 6.02. The van der Waals surface area contributed by atoms with Crippen molar-refractivity contribution < 1.29 is 13.5 Å². The average Bonchev–Trinajstić information content (AvgIpc) is 3.02. The van der Waals surface area contributed by atoms with Crippen LogP contribution in [0, 0.1) is 5.92 Å². The fourth-order valence-electron chi connectivity index (χ4n) is 2.49. The van der Waals surface area contributed by atoms with E-state index in [-0.39, 0.29) is 5.75 Å². The molecule has 1 heterocycles. The minimum atomic E-state index is -2.85. The molecule has 0 saturated heterocycles. The number of aromatic nitrogens is 2.